The summed E-state index contributed by atoms with van der Waals surface area (Å²) in [6.07, 6.45) is -4.34. The van der Waals surface area contributed by atoms with Crippen LogP contribution < -0.4 is 5.32 Å². The Kier molecular flexibility index (Phi) is 6.63. The van der Waals surface area contributed by atoms with Gasteiger partial charge < -0.3 is 14.6 Å². The Morgan fingerprint density at radius 2 is 1.69 bits per heavy atom. The highest BCUT2D eigenvalue weighted by Crippen LogP contribution is 2.29. The Morgan fingerprint density at radius 3 is 2.24 bits per heavy atom. The molecule has 1 fully saturated rings. The average Bonchev–Trinajstić information content (AvgIpc) is 3.12. The molecule has 0 bridgehead atoms. The second kappa shape index (κ2) is 9.00. The lowest BCUT2D eigenvalue weighted by Gasteiger charge is -2.34. The highest BCUT2D eigenvalue weighted by molar-refractivity contribution is 9.10. The molecule has 6 nitrogen and oxygen atoms in total. The zero-order valence-corrected chi connectivity index (χ0v) is 16.9. The van der Waals surface area contributed by atoms with E-state index in [4.69, 9.17) is 4.42 Å². The highest BCUT2D eigenvalue weighted by atomic mass is 79.9. The maximum atomic E-state index is 12.6. The van der Waals surface area contributed by atoms with Crippen molar-refractivity contribution in [2.75, 3.05) is 32.7 Å². The van der Waals surface area contributed by atoms with Crippen LogP contribution in [0, 0.1) is 0 Å². The van der Waals surface area contributed by atoms with Gasteiger partial charge in [-0.2, -0.15) is 13.2 Å². The summed E-state index contributed by atoms with van der Waals surface area (Å²) in [5.41, 5.74) is 0.121. The third-order valence-electron chi connectivity index (χ3n) is 4.61. The molecular formula is C19H19BrF3N3O3. The van der Waals surface area contributed by atoms with Crippen LogP contribution in [0.15, 0.2) is 45.5 Å². The second-order valence-corrected chi connectivity index (χ2v) is 7.42. The number of carbonyl (C=O) groups excluding carboxylic acids is 2. The Labute approximate surface area is 173 Å². The molecule has 29 heavy (non-hydrogen) atoms. The molecule has 0 radical (unpaired) electrons. The molecule has 1 aromatic carbocycles. The SMILES string of the molecule is O=C(NCC(=O)N1CCN(Cc2ccc(C(F)(F)F)cc2)CC1)c1ccc(Br)o1. The van der Waals surface area contributed by atoms with E-state index < -0.39 is 17.6 Å². The monoisotopic (exact) mass is 473 g/mol. The minimum atomic E-state index is -4.34. The molecule has 2 heterocycles. The normalized spacial score (nSPS) is 15.4. The third kappa shape index (κ3) is 5.83. The fourth-order valence-corrected chi connectivity index (χ4v) is 3.31. The molecule has 0 atom stereocenters. The van der Waals surface area contributed by atoms with Crippen molar-refractivity contribution in [1.82, 2.24) is 15.1 Å². The summed E-state index contributed by atoms with van der Waals surface area (Å²) in [4.78, 5) is 27.9. The highest BCUT2D eigenvalue weighted by Gasteiger charge is 2.30. The fourth-order valence-electron chi connectivity index (χ4n) is 3.00. The number of alkyl halides is 3. The van der Waals surface area contributed by atoms with Gasteiger partial charge >= 0.3 is 6.18 Å². The van der Waals surface area contributed by atoms with Gasteiger partial charge in [-0.25, -0.2) is 0 Å². The van der Waals surface area contributed by atoms with Crippen molar-refractivity contribution in [2.45, 2.75) is 12.7 Å². The minimum Gasteiger partial charge on any atom is -0.444 e. The van der Waals surface area contributed by atoms with E-state index in [1.807, 2.05) is 0 Å². The third-order valence-corrected chi connectivity index (χ3v) is 5.04. The predicted octanol–water partition coefficient (Wildman–Crippen LogP) is 3.14. The fraction of sp³-hybridized carbons (Fsp3) is 0.368. The first-order chi connectivity index (χ1) is 13.7. The van der Waals surface area contributed by atoms with Crippen molar-refractivity contribution in [1.29, 1.82) is 0 Å². The maximum Gasteiger partial charge on any atom is 0.416 e. The van der Waals surface area contributed by atoms with E-state index in [-0.39, 0.29) is 18.2 Å². The van der Waals surface area contributed by atoms with Gasteiger partial charge in [0, 0.05) is 32.7 Å². The van der Waals surface area contributed by atoms with Crippen LogP contribution in [-0.4, -0.2) is 54.3 Å². The van der Waals surface area contributed by atoms with Crippen molar-refractivity contribution in [3.8, 4) is 0 Å². The molecule has 0 saturated carbocycles. The lowest BCUT2D eigenvalue weighted by molar-refractivity contribution is -0.137. The molecule has 10 heteroatoms. The van der Waals surface area contributed by atoms with Gasteiger partial charge in [0.1, 0.15) is 0 Å². The van der Waals surface area contributed by atoms with E-state index in [9.17, 15) is 22.8 Å². The Morgan fingerprint density at radius 1 is 1.03 bits per heavy atom. The summed E-state index contributed by atoms with van der Waals surface area (Å²) in [5, 5.41) is 2.53. The number of amides is 2. The molecule has 1 aromatic heterocycles. The molecule has 0 spiro atoms. The van der Waals surface area contributed by atoms with Crippen molar-refractivity contribution >= 4 is 27.7 Å². The number of piperazine rings is 1. The average molecular weight is 474 g/mol. The van der Waals surface area contributed by atoms with Gasteiger partial charge in [-0.05, 0) is 45.8 Å². The number of hydrogen-bond donors (Lipinski definition) is 1. The quantitative estimate of drug-likeness (QED) is 0.724. The van der Waals surface area contributed by atoms with E-state index in [0.717, 1.165) is 17.7 Å². The van der Waals surface area contributed by atoms with Crippen LogP contribution >= 0.6 is 15.9 Å². The maximum absolute atomic E-state index is 12.6. The number of carbonyl (C=O) groups is 2. The zero-order valence-electron chi connectivity index (χ0n) is 15.3. The van der Waals surface area contributed by atoms with E-state index in [1.54, 1.807) is 11.0 Å². The summed E-state index contributed by atoms with van der Waals surface area (Å²) < 4.78 is 43.4. The number of nitrogens with zero attached hydrogens (tertiary/aromatic N) is 2. The van der Waals surface area contributed by atoms with Gasteiger partial charge in [-0.15, -0.1) is 0 Å². The van der Waals surface area contributed by atoms with Crippen LogP contribution in [0.1, 0.15) is 21.7 Å². The van der Waals surface area contributed by atoms with Crippen LogP contribution in [-0.2, 0) is 17.5 Å². The first-order valence-corrected chi connectivity index (χ1v) is 9.71. The van der Waals surface area contributed by atoms with Gasteiger partial charge in [0.25, 0.3) is 5.91 Å². The van der Waals surface area contributed by atoms with Crippen molar-refractivity contribution in [2.24, 2.45) is 0 Å². The topological polar surface area (TPSA) is 65.8 Å². The number of nitrogens with one attached hydrogen (secondary N) is 1. The molecule has 156 valence electrons. The van der Waals surface area contributed by atoms with Gasteiger partial charge in [0.05, 0.1) is 12.1 Å². The minimum absolute atomic E-state index is 0.117. The lowest BCUT2D eigenvalue weighted by Crippen LogP contribution is -2.50. The molecule has 0 unspecified atom stereocenters. The van der Waals surface area contributed by atoms with Gasteiger partial charge in [-0.3, -0.25) is 14.5 Å². The first kappa shape index (κ1) is 21.4. The van der Waals surface area contributed by atoms with Crippen LogP contribution in [0.4, 0.5) is 13.2 Å². The molecular weight excluding hydrogens is 455 g/mol. The molecule has 2 aromatic rings. The standard InChI is InChI=1S/C19H19BrF3N3O3/c20-16-6-5-15(29-16)18(28)24-11-17(27)26-9-7-25(8-10-26)12-13-1-3-14(4-2-13)19(21,22)23/h1-6H,7-12H2,(H,24,28). The second-order valence-electron chi connectivity index (χ2n) is 6.64. The molecule has 1 aliphatic heterocycles. The van der Waals surface area contributed by atoms with E-state index in [0.29, 0.717) is 37.4 Å². The van der Waals surface area contributed by atoms with E-state index in [2.05, 4.69) is 26.1 Å². The number of halogens is 4. The smallest absolute Gasteiger partial charge is 0.416 e. The lowest BCUT2D eigenvalue weighted by atomic mass is 10.1. The van der Waals surface area contributed by atoms with Crippen molar-refractivity contribution < 1.29 is 27.2 Å². The van der Waals surface area contributed by atoms with Crippen LogP contribution in [0.25, 0.3) is 0 Å². The summed E-state index contributed by atoms with van der Waals surface area (Å²) >= 11 is 3.11. The predicted molar refractivity (Wildman–Crippen MR) is 102 cm³/mol. The molecule has 1 saturated heterocycles. The Hall–Kier alpha value is -2.33. The summed E-state index contributed by atoms with van der Waals surface area (Å²) in [7, 11) is 0. The van der Waals surface area contributed by atoms with Gasteiger partial charge in [-0.1, -0.05) is 12.1 Å². The Balaban J connectivity index is 1.42. The summed E-state index contributed by atoms with van der Waals surface area (Å²) in [6, 6.07) is 8.20. The van der Waals surface area contributed by atoms with E-state index >= 15 is 0 Å². The molecule has 1 N–H and O–H groups in total. The largest absolute Gasteiger partial charge is 0.444 e. The summed E-state index contributed by atoms with van der Waals surface area (Å²) in [6.45, 7) is 2.57. The molecule has 1 aliphatic rings. The Bertz CT molecular complexity index is 860. The van der Waals surface area contributed by atoms with E-state index in [1.165, 1.54) is 18.2 Å². The number of benzene rings is 1. The van der Waals surface area contributed by atoms with Gasteiger partial charge in [0.2, 0.25) is 5.91 Å². The van der Waals surface area contributed by atoms with Crippen LogP contribution in [0.3, 0.4) is 0 Å². The van der Waals surface area contributed by atoms with Gasteiger partial charge in [0.15, 0.2) is 10.4 Å². The summed E-state index contributed by atoms with van der Waals surface area (Å²) in [5.74, 6) is -0.547. The number of furan rings is 1. The molecule has 0 aliphatic carbocycles. The van der Waals surface area contributed by atoms with Crippen LogP contribution in [0.5, 0.6) is 0 Å². The van der Waals surface area contributed by atoms with Crippen LogP contribution in [0.2, 0.25) is 0 Å². The van der Waals surface area contributed by atoms with Crippen molar-refractivity contribution in [3.63, 3.8) is 0 Å². The first-order valence-electron chi connectivity index (χ1n) is 8.92. The number of hydrogen-bond acceptors (Lipinski definition) is 4. The van der Waals surface area contributed by atoms with Crippen molar-refractivity contribution in [3.05, 3.63) is 58.0 Å². The number of rotatable bonds is 5. The zero-order chi connectivity index (χ0) is 21.0. The molecule has 3 rings (SSSR count). The molecule has 2 amide bonds.